The lowest BCUT2D eigenvalue weighted by Gasteiger charge is -2.06. The summed E-state index contributed by atoms with van der Waals surface area (Å²) in [5, 5.41) is 9.02. The number of aryl methyl sites for hydroxylation is 1. The topological polar surface area (TPSA) is 55.2 Å². The Morgan fingerprint density at radius 2 is 2.00 bits per heavy atom. The van der Waals surface area contributed by atoms with Crippen molar-refractivity contribution in [3.05, 3.63) is 51.8 Å². The van der Waals surface area contributed by atoms with Gasteiger partial charge in [0.2, 0.25) is 0 Å². The van der Waals surface area contributed by atoms with E-state index in [1.807, 2.05) is 31.2 Å². The van der Waals surface area contributed by atoms with Gasteiger partial charge in [0.25, 0.3) is 0 Å². The molecular weight excluding hydrogens is 296 g/mol. The molecule has 0 radical (unpaired) electrons. The number of aromatic nitrogens is 2. The minimum Gasteiger partial charge on any atom is -0.459 e. The molecule has 0 saturated carbocycles. The van der Waals surface area contributed by atoms with Crippen LogP contribution in [0.5, 0.6) is 6.01 Å². The zero-order chi connectivity index (χ0) is 13.0. The van der Waals surface area contributed by atoms with Crippen LogP contribution >= 0.6 is 15.9 Å². The Morgan fingerprint density at radius 3 is 2.61 bits per heavy atom. The number of rotatable bonds is 4. The molecule has 1 N–H and O–H groups in total. The fourth-order valence-corrected chi connectivity index (χ4v) is 1.69. The monoisotopic (exact) mass is 308 g/mol. The fraction of sp³-hybridized carbons (Fsp3) is 0.231. The Hall–Kier alpha value is -1.46. The lowest BCUT2D eigenvalue weighted by molar-refractivity contribution is 0.269. The third-order valence-electron chi connectivity index (χ3n) is 2.51. The van der Waals surface area contributed by atoms with Gasteiger partial charge in [-0.1, -0.05) is 28.1 Å². The quantitative estimate of drug-likeness (QED) is 0.943. The highest BCUT2D eigenvalue weighted by atomic mass is 79.9. The molecule has 0 aliphatic rings. The van der Waals surface area contributed by atoms with Gasteiger partial charge >= 0.3 is 6.01 Å². The highest BCUT2D eigenvalue weighted by Crippen LogP contribution is 2.13. The first-order chi connectivity index (χ1) is 8.69. The van der Waals surface area contributed by atoms with Crippen LogP contribution in [0.4, 0.5) is 0 Å². The van der Waals surface area contributed by atoms with Crippen molar-refractivity contribution in [1.82, 2.24) is 9.97 Å². The highest BCUT2D eigenvalue weighted by Gasteiger charge is 2.03. The maximum absolute atomic E-state index is 9.02. The minimum absolute atomic E-state index is 0.0567. The van der Waals surface area contributed by atoms with Crippen LogP contribution in [0.2, 0.25) is 0 Å². The molecule has 1 aromatic carbocycles. The van der Waals surface area contributed by atoms with Crippen molar-refractivity contribution >= 4 is 15.9 Å². The Kier molecular flexibility index (Phi) is 4.28. The van der Waals surface area contributed by atoms with Gasteiger partial charge in [-0.3, -0.25) is 0 Å². The number of aliphatic hydroxyl groups excluding tert-OH is 1. The second kappa shape index (κ2) is 5.93. The van der Waals surface area contributed by atoms with Crippen LogP contribution in [0.3, 0.4) is 0 Å². The van der Waals surface area contributed by atoms with E-state index < -0.39 is 0 Å². The van der Waals surface area contributed by atoms with Crippen molar-refractivity contribution in [3.8, 4) is 6.01 Å². The molecule has 0 spiro atoms. The van der Waals surface area contributed by atoms with E-state index in [2.05, 4.69) is 25.9 Å². The molecule has 94 valence electrons. The van der Waals surface area contributed by atoms with Gasteiger partial charge in [-0.2, -0.15) is 0 Å². The third-order valence-corrected chi connectivity index (χ3v) is 3.04. The van der Waals surface area contributed by atoms with Gasteiger partial charge < -0.3 is 9.84 Å². The van der Waals surface area contributed by atoms with E-state index in [1.165, 1.54) is 0 Å². The standard InChI is InChI=1S/C13H13BrN2O2/c1-9-11(7-17)6-15-13(16-9)18-8-10-2-4-12(14)5-3-10/h2-6,17H,7-8H2,1H3. The summed E-state index contributed by atoms with van der Waals surface area (Å²) in [5.41, 5.74) is 2.50. The smallest absolute Gasteiger partial charge is 0.316 e. The molecule has 0 fully saturated rings. The van der Waals surface area contributed by atoms with Crippen LogP contribution < -0.4 is 4.74 Å². The summed E-state index contributed by atoms with van der Waals surface area (Å²) in [7, 11) is 0. The number of halogens is 1. The molecule has 1 heterocycles. The van der Waals surface area contributed by atoms with Gasteiger partial charge in [-0.05, 0) is 24.6 Å². The average molecular weight is 309 g/mol. The molecule has 4 nitrogen and oxygen atoms in total. The van der Waals surface area contributed by atoms with Crippen LogP contribution in [0, 0.1) is 6.92 Å². The summed E-state index contributed by atoms with van der Waals surface area (Å²) in [6.45, 7) is 2.18. The lowest BCUT2D eigenvalue weighted by atomic mass is 10.2. The summed E-state index contributed by atoms with van der Waals surface area (Å²) >= 11 is 3.38. The first kappa shape index (κ1) is 13.0. The second-order valence-corrected chi connectivity index (χ2v) is 4.75. The number of nitrogens with zero attached hydrogens (tertiary/aromatic N) is 2. The van der Waals surface area contributed by atoms with E-state index in [9.17, 15) is 0 Å². The first-order valence-corrected chi connectivity index (χ1v) is 6.29. The second-order valence-electron chi connectivity index (χ2n) is 3.84. The average Bonchev–Trinajstić information content (AvgIpc) is 2.38. The summed E-state index contributed by atoms with van der Waals surface area (Å²) in [5.74, 6) is 0. The molecule has 0 atom stereocenters. The number of hydrogen-bond donors (Lipinski definition) is 1. The predicted octanol–water partition coefficient (Wildman–Crippen LogP) is 2.62. The maximum atomic E-state index is 9.02. The van der Waals surface area contributed by atoms with Crippen LogP contribution in [-0.2, 0) is 13.2 Å². The summed E-state index contributed by atoms with van der Waals surface area (Å²) in [6.07, 6.45) is 1.58. The molecule has 5 heteroatoms. The molecular formula is C13H13BrN2O2. The Bertz CT molecular complexity index is 529. The minimum atomic E-state index is -0.0567. The Balaban J connectivity index is 2.02. The molecule has 0 unspecified atom stereocenters. The van der Waals surface area contributed by atoms with E-state index >= 15 is 0 Å². The highest BCUT2D eigenvalue weighted by molar-refractivity contribution is 9.10. The molecule has 2 aromatic rings. The Labute approximate surface area is 114 Å². The van der Waals surface area contributed by atoms with Gasteiger partial charge in [-0.25, -0.2) is 9.97 Å². The summed E-state index contributed by atoms with van der Waals surface area (Å²) in [4.78, 5) is 8.21. The van der Waals surface area contributed by atoms with Gasteiger partial charge in [0.05, 0.1) is 12.3 Å². The SMILES string of the molecule is Cc1nc(OCc2ccc(Br)cc2)ncc1CO. The van der Waals surface area contributed by atoms with Gasteiger partial charge in [-0.15, -0.1) is 0 Å². The molecule has 0 aliphatic carbocycles. The van der Waals surface area contributed by atoms with E-state index in [0.29, 0.717) is 18.2 Å². The number of aliphatic hydroxyl groups is 1. The van der Waals surface area contributed by atoms with Gasteiger partial charge in [0, 0.05) is 16.2 Å². The summed E-state index contributed by atoms with van der Waals surface area (Å²) < 4.78 is 6.53. The molecule has 18 heavy (non-hydrogen) atoms. The van der Waals surface area contributed by atoms with Crippen molar-refractivity contribution in [1.29, 1.82) is 0 Å². The number of hydrogen-bond acceptors (Lipinski definition) is 4. The molecule has 2 rings (SSSR count). The van der Waals surface area contributed by atoms with Crippen LogP contribution in [0.25, 0.3) is 0 Å². The largest absolute Gasteiger partial charge is 0.459 e. The third kappa shape index (κ3) is 3.27. The number of ether oxygens (including phenoxy) is 1. The van der Waals surface area contributed by atoms with E-state index in [1.54, 1.807) is 6.20 Å². The molecule has 0 saturated heterocycles. The summed E-state index contributed by atoms with van der Waals surface area (Å²) in [6, 6.07) is 8.19. The lowest BCUT2D eigenvalue weighted by Crippen LogP contribution is -2.02. The zero-order valence-electron chi connectivity index (χ0n) is 9.93. The van der Waals surface area contributed by atoms with Crippen molar-refractivity contribution in [2.75, 3.05) is 0 Å². The van der Waals surface area contributed by atoms with Crippen LogP contribution in [-0.4, -0.2) is 15.1 Å². The van der Waals surface area contributed by atoms with Crippen LogP contribution in [0.15, 0.2) is 34.9 Å². The zero-order valence-corrected chi connectivity index (χ0v) is 11.5. The maximum Gasteiger partial charge on any atom is 0.316 e. The van der Waals surface area contributed by atoms with Crippen molar-refractivity contribution in [2.45, 2.75) is 20.1 Å². The molecule has 1 aromatic heterocycles. The van der Waals surface area contributed by atoms with Crippen molar-refractivity contribution in [3.63, 3.8) is 0 Å². The van der Waals surface area contributed by atoms with Gasteiger partial charge in [0.1, 0.15) is 6.61 Å². The predicted molar refractivity (Wildman–Crippen MR) is 71.2 cm³/mol. The fourth-order valence-electron chi connectivity index (χ4n) is 1.42. The van der Waals surface area contributed by atoms with E-state index in [4.69, 9.17) is 9.84 Å². The van der Waals surface area contributed by atoms with Crippen molar-refractivity contribution < 1.29 is 9.84 Å². The van der Waals surface area contributed by atoms with E-state index in [0.717, 1.165) is 15.7 Å². The molecule has 0 bridgehead atoms. The number of benzene rings is 1. The molecule has 0 aliphatic heterocycles. The molecule has 0 amide bonds. The Morgan fingerprint density at radius 1 is 1.28 bits per heavy atom. The van der Waals surface area contributed by atoms with Crippen LogP contribution in [0.1, 0.15) is 16.8 Å². The normalized spacial score (nSPS) is 10.4. The first-order valence-electron chi connectivity index (χ1n) is 5.49. The van der Waals surface area contributed by atoms with Gasteiger partial charge in [0.15, 0.2) is 0 Å². The van der Waals surface area contributed by atoms with Crippen molar-refractivity contribution in [2.24, 2.45) is 0 Å². The van der Waals surface area contributed by atoms with E-state index in [-0.39, 0.29) is 6.61 Å².